The van der Waals surface area contributed by atoms with E-state index in [0.717, 1.165) is 0 Å². The molecular weight excluding hydrogens is 339 g/mol. The molecule has 0 radical (unpaired) electrons. The van der Waals surface area contributed by atoms with Crippen LogP contribution in [0.3, 0.4) is 0 Å². The van der Waals surface area contributed by atoms with Gasteiger partial charge in [0.15, 0.2) is 0 Å². The second-order valence-electron chi connectivity index (χ2n) is 6.34. The number of oxime groups is 1. The number of carbonyl (C=O) groups excluding carboxylic acids is 1. The Balaban J connectivity index is 4.49. The third-order valence-corrected chi connectivity index (χ3v) is 4.11. The zero-order chi connectivity index (χ0) is 19.0. The Morgan fingerprint density at radius 1 is 1.38 bits per heavy atom. The molecule has 9 nitrogen and oxygen atoms in total. The summed E-state index contributed by atoms with van der Waals surface area (Å²) in [5, 5.41) is 16.4. The molecule has 1 amide bonds. The minimum Gasteiger partial charge on any atom is -0.399 e. The van der Waals surface area contributed by atoms with Gasteiger partial charge in [-0.15, -0.1) is 0 Å². The smallest absolute Gasteiger partial charge is 0.399 e. The molecular formula is C14H29N2O7P. The summed E-state index contributed by atoms with van der Waals surface area (Å²) in [4.78, 5) is 26.1. The molecule has 1 unspecified atom stereocenters. The number of aliphatic hydroxyl groups is 1. The largest absolute Gasteiger partial charge is 0.472 e. The SMILES string of the molecule is CO/N=C(\C)CCNC(=O)[C@@H](O)C(C)(C)COP(=O)(O)OC(C)C. The summed E-state index contributed by atoms with van der Waals surface area (Å²) in [6, 6.07) is 0. The first-order valence-electron chi connectivity index (χ1n) is 7.59. The number of nitrogens with one attached hydrogen (secondary N) is 1. The van der Waals surface area contributed by atoms with E-state index in [2.05, 4.69) is 15.3 Å². The number of phosphoric ester groups is 1. The maximum atomic E-state index is 12.0. The molecule has 0 aromatic heterocycles. The molecule has 0 heterocycles. The Labute approximate surface area is 143 Å². The minimum atomic E-state index is -4.23. The van der Waals surface area contributed by atoms with Gasteiger partial charge in [0.25, 0.3) is 0 Å². The van der Waals surface area contributed by atoms with Gasteiger partial charge in [0.2, 0.25) is 5.91 Å². The van der Waals surface area contributed by atoms with E-state index < -0.39 is 31.4 Å². The molecule has 0 fully saturated rings. The summed E-state index contributed by atoms with van der Waals surface area (Å²) in [5.41, 5.74) is -0.389. The fourth-order valence-corrected chi connectivity index (χ4v) is 2.73. The van der Waals surface area contributed by atoms with Gasteiger partial charge < -0.3 is 20.2 Å². The first-order valence-corrected chi connectivity index (χ1v) is 9.09. The Morgan fingerprint density at radius 3 is 2.46 bits per heavy atom. The van der Waals surface area contributed by atoms with Gasteiger partial charge in [0, 0.05) is 18.4 Å². The van der Waals surface area contributed by atoms with Crippen molar-refractivity contribution < 1.29 is 33.2 Å². The van der Waals surface area contributed by atoms with Crippen LogP contribution in [0.4, 0.5) is 0 Å². The quantitative estimate of drug-likeness (QED) is 0.286. The molecule has 0 aliphatic heterocycles. The van der Waals surface area contributed by atoms with Crippen LogP contribution < -0.4 is 5.32 Å². The maximum absolute atomic E-state index is 12.0. The number of aliphatic hydroxyl groups excluding tert-OH is 1. The number of amides is 1. The fraction of sp³-hybridized carbons (Fsp3) is 0.857. The van der Waals surface area contributed by atoms with Gasteiger partial charge in [-0.3, -0.25) is 13.8 Å². The van der Waals surface area contributed by atoms with E-state index >= 15 is 0 Å². The van der Waals surface area contributed by atoms with Crippen LogP contribution in [-0.2, 0) is 23.2 Å². The fourth-order valence-electron chi connectivity index (χ4n) is 1.64. The Bertz CT molecular complexity index is 480. The second-order valence-corrected chi connectivity index (χ2v) is 7.74. The predicted octanol–water partition coefficient (Wildman–Crippen LogP) is 1.44. The lowest BCUT2D eigenvalue weighted by Gasteiger charge is -2.30. The number of hydrogen-bond donors (Lipinski definition) is 3. The third kappa shape index (κ3) is 9.34. The molecule has 0 spiro atoms. The highest BCUT2D eigenvalue weighted by Gasteiger charge is 2.36. The van der Waals surface area contributed by atoms with Crippen molar-refractivity contribution in [2.24, 2.45) is 10.6 Å². The first-order chi connectivity index (χ1) is 10.9. The lowest BCUT2D eigenvalue weighted by Crippen LogP contribution is -2.46. The lowest BCUT2D eigenvalue weighted by molar-refractivity contribution is -0.136. The lowest BCUT2D eigenvalue weighted by atomic mass is 9.87. The van der Waals surface area contributed by atoms with Crippen molar-refractivity contribution in [1.82, 2.24) is 5.32 Å². The second kappa shape index (κ2) is 10.1. The molecule has 0 saturated heterocycles. The molecule has 0 saturated carbocycles. The molecule has 24 heavy (non-hydrogen) atoms. The molecule has 2 atom stereocenters. The van der Waals surface area contributed by atoms with Gasteiger partial charge in [0.05, 0.1) is 18.4 Å². The van der Waals surface area contributed by atoms with Gasteiger partial charge in [-0.25, -0.2) is 4.57 Å². The van der Waals surface area contributed by atoms with Crippen molar-refractivity contribution >= 4 is 19.4 Å². The van der Waals surface area contributed by atoms with Crippen LogP contribution in [0.5, 0.6) is 0 Å². The Morgan fingerprint density at radius 2 is 1.96 bits per heavy atom. The molecule has 0 aromatic rings. The molecule has 142 valence electrons. The van der Waals surface area contributed by atoms with Gasteiger partial charge in [-0.2, -0.15) is 0 Å². The highest BCUT2D eigenvalue weighted by atomic mass is 31.2. The number of hydrogen-bond acceptors (Lipinski definition) is 7. The van der Waals surface area contributed by atoms with Crippen LogP contribution >= 0.6 is 7.82 Å². The van der Waals surface area contributed by atoms with E-state index in [4.69, 9.17) is 9.05 Å². The highest BCUT2D eigenvalue weighted by Crippen LogP contribution is 2.46. The van der Waals surface area contributed by atoms with Crippen LogP contribution in [0.25, 0.3) is 0 Å². The molecule has 10 heteroatoms. The normalized spacial score (nSPS) is 16.6. The topological polar surface area (TPSA) is 127 Å². The van der Waals surface area contributed by atoms with E-state index in [0.29, 0.717) is 12.1 Å². The number of nitrogens with zero attached hydrogens (tertiary/aromatic N) is 1. The summed E-state index contributed by atoms with van der Waals surface area (Å²) in [7, 11) is -2.80. The van der Waals surface area contributed by atoms with Crippen molar-refractivity contribution in [1.29, 1.82) is 0 Å². The molecule has 0 aliphatic carbocycles. The Hall–Kier alpha value is -0.990. The molecule has 3 N–H and O–H groups in total. The van der Waals surface area contributed by atoms with Crippen molar-refractivity contribution in [3.05, 3.63) is 0 Å². The summed E-state index contributed by atoms with van der Waals surface area (Å²) in [6.07, 6.45) is -1.44. The summed E-state index contributed by atoms with van der Waals surface area (Å²) < 4.78 is 21.3. The zero-order valence-electron chi connectivity index (χ0n) is 15.1. The highest BCUT2D eigenvalue weighted by molar-refractivity contribution is 7.47. The van der Waals surface area contributed by atoms with Gasteiger partial charge >= 0.3 is 7.82 Å². The maximum Gasteiger partial charge on any atom is 0.472 e. The minimum absolute atomic E-state index is 0.278. The average Bonchev–Trinajstić information content (AvgIpc) is 2.43. The van der Waals surface area contributed by atoms with E-state index in [1.165, 1.54) is 7.11 Å². The number of rotatable bonds is 11. The van der Waals surface area contributed by atoms with Crippen LogP contribution in [0.1, 0.15) is 41.0 Å². The van der Waals surface area contributed by atoms with Crippen LogP contribution in [0, 0.1) is 5.41 Å². The standard InChI is InChI=1S/C14H29N2O7P/c1-10(2)23-24(19,20)22-9-14(4,5)12(17)13(18)15-8-7-11(3)16-21-6/h10,12,17H,7-9H2,1-6H3,(H,15,18)(H,19,20)/b16-11+/t12-/m1/s1. The van der Waals surface area contributed by atoms with E-state index in [-0.39, 0.29) is 13.2 Å². The molecule has 0 rings (SSSR count). The number of phosphoric acid groups is 1. The predicted molar refractivity (Wildman–Crippen MR) is 89.5 cm³/mol. The van der Waals surface area contributed by atoms with Crippen LogP contribution in [0.2, 0.25) is 0 Å². The molecule has 0 bridgehead atoms. The van der Waals surface area contributed by atoms with Crippen molar-refractivity contribution in [2.75, 3.05) is 20.3 Å². The Kier molecular flexibility index (Phi) is 9.69. The zero-order valence-corrected chi connectivity index (χ0v) is 16.0. The summed E-state index contributed by atoms with van der Waals surface area (Å²) in [6.45, 7) is 7.97. The van der Waals surface area contributed by atoms with Crippen molar-refractivity contribution in [3.63, 3.8) is 0 Å². The number of carbonyl (C=O) groups is 1. The van der Waals surface area contributed by atoms with Crippen LogP contribution in [-0.4, -0.2) is 54.1 Å². The first kappa shape index (κ1) is 23.0. The average molecular weight is 368 g/mol. The van der Waals surface area contributed by atoms with Gasteiger partial charge in [-0.1, -0.05) is 19.0 Å². The summed E-state index contributed by atoms with van der Waals surface area (Å²) >= 11 is 0. The van der Waals surface area contributed by atoms with Crippen molar-refractivity contribution in [3.8, 4) is 0 Å². The van der Waals surface area contributed by atoms with Gasteiger partial charge in [0.1, 0.15) is 13.2 Å². The van der Waals surface area contributed by atoms with E-state index in [1.807, 2.05) is 0 Å². The molecule has 0 aromatic carbocycles. The monoisotopic (exact) mass is 368 g/mol. The van der Waals surface area contributed by atoms with E-state index in [9.17, 15) is 19.4 Å². The van der Waals surface area contributed by atoms with Crippen LogP contribution in [0.15, 0.2) is 5.16 Å². The molecule has 0 aliphatic rings. The summed E-state index contributed by atoms with van der Waals surface area (Å²) in [5.74, 6) is -0.605. The van der Waals surface area contributed by atoms with E-state index in [1.54, 1.807) is 34.6 Å². The van der Waals surface area contributed by atoms with Gasteiger partial charge in [-0.05, 0) is 20.8 Å². The third-order valence-electron chi connectivity index (χ3n) is 2.97. The van der Waals surface area contributed by atoms with Crippen molar-refractivity contribution in [2.45, 2.75) is 53.2 Å².